The lowest BCUT2D eigenvalue weighted by Crippen LogP contribution is -2.34. The van der Waals surface area contributed by atoms with Crippen LogP contribution < -0.4 is 5.73 Å². The minimum Gasteiger partial charge on any atom is -0.341 e. The number of hydrogen-bond donors (Lipinski definition) is 1. The molecule has 0 aliphatic heterocycles. The van der Waals surface area contributed by atoms with Gasteiger partial charge in [0.15, 0.2) is 0 Å². The summed E-state index contributed by atoms with van der Waals surface area (Å²) in [6.07, 6.45) is 0. The number of nitrogens with zero attached hydrogens (tertiary/aromatic N) is 1. The Labute approximate surface area is 105 Å². The van der Waals surface area contributed by atoms with Crippen LogP contribution in [-0.4, -0.2) is 30.9 Å². The summed E-state index contributed by atoms with van der Waals surface area (Å²) in [5.41, 5.74) is 5.40. The second-order valence-corrected chi connectivity index (χ2v) is 4.53. The smallest absolute Gasteiger partial charge is 0.258 e. The maximum Gasteiger partial charge on any atom is 0.258 e. The van der Waals surface area contributed by atoms with Crippen molar-refractivity contribution in [2.45, 2.75) is 6.92 Å². The second kappa shape index (κ2) is 5.98. The summed E-state index contributed by atoms with van der Waals surface area (Å²) < 4.78 is 13.5. The van der Waals surface area contributed by atoms with E-state index >= 15 is 0 Å². The monoisotopic (exact) mass is 258 g/mol. The molecule has 0 aliphatic carbocycles. The molecule has 0 radical (unpaired) electrons. The fraction of sp³-hybridized carbons (Fsp3) is 0.417. The number of benzene rings is 1. The Hall–Kier alpha value is -1.13. The van der Waals surface area contributed by atoms with E-state index in [1.54, 1.807) is 7.05 Å². The van der Waals surface area contributed by atoms with Crippen LogP contribution in [0.5, 0.6) is 0 Å². The highest BCUT2D eigenvalue weighted by Gasteiger charge is 2.20. The predicted octanol–water partition coefficient (Wildman–Crippen LogP) is 2.15. The fourth-order valence-corrected chi connectivity index (χ4v) is 1.76. The minimum absolute atomic E-state index is 0.0825. The van der Waals surface area contributed by atoms with Gasteiger partial charge in [-0.05, 0) is 24.6 Å². The average molecular weight is 259 g/mol. The van der Waals surface area contributed by atoms with E-state index in [9.17, 15) is 9.18 Å². The molecule has 1 unspecified atom stereocenters. The fourth-order valence-electron chi connectivity index (χ4n) is 1.52. The Morgan fingerprint density at radius 1 is 1.59 bits per heavy atom. The molecule has 0 fully saturated rings. The van der Waals surface area contributed by atoms with E-state index in [-0.39, 0.29) is 16.5 Å². The molecule has 0 saturated heterocycles. The van der Waals surface area contributed by atoms with Crippen LogP contribution in [0.1, 0.15) is 17.3 Å². The normalized spacial score (nSPS) is 12.3. The molecule has 1 aromatic rings. The van der Waals surface area contributed by atoms with E-state index in [0.717, 1.165) is 0 Å². The van der Waals surface area contributed by atoms with Gasteiger partial charge in [0.25, 0.3) is 5.91 Å². The summed E-state index contributed by atoms with van der Waals surface area (Å²) >= 11 is 5.83. The van der Waals surface area contributed by atoms with Gasteiger partial charge in [0.2, 0.25) is 0 Å². The highest BCUT2D eigenvalue weighted by Crippen LogP contribution is 2.20. The maximum atomic E-state index is 13.5. The quantitative estimate of drug-likeness (QED) is 0.900. The van der Waals surface area contributed by atoms with Crippen LogP contribution in [-0.2, 0) is 0 Å². The Morgan fingerprint density at radius 2 is 2.24 bits per heavy atom. The van der Waals surface area contributed by atoms with E-state index in [1.807, 2.05) is 6.92 Å². The summed E-state index contributed by atoms with van der Waals surface area (Å²) in [5.74, 6) is -0.863. The van der Waals surface area contributed by atoms with Crippen molar-refractivity contribution in [2.24, 2.45) is 11.7 Å². The lowest BCUT2D eigenvalue weighted by Gasteiger charge is -2.21. The Morgan fingerprint density at radius 3 is 2.76 bits per heavy atom. The number of rotatable bonds is 4. The number of amides is 1. The molecule has 0 aliphatic rings. The van der Waals surface area contributed by atoms with Gasteiger partial charge in [-0.15, -0.1) is 0 Å². The Kier molecular flexibility index (Phi) is 4.90. The number of halogens is 2. The molecule has 0 heterocycles. The third kappa shape index (κ3) is 3.41. The minimum atomic E-state index is -0.602. The predicted molar refractivity (Wildman–Crippen MR) is 66.6 cm³/mol. The van der Waals surface area contributed by atoms with Crippen LogP contribution in [0.4, 0.5) is 4.39 Å². The first-order valence-corrected chi connectivity index (χ1v) is 5.74. The lowest BCUT2D eigenvalue weighted by atomic mass is 10.1. The Bertz CT molecular complexity index is 391. The molecule has 1 rings (SSSR count). The molecule has 0 bridgehead atoms. The van der Waals surface area contributed by atoms with E-state index in [1.165, 1.54) is 23.1 Å². The molecular weight excluding hydrogens is 243 g/mol. The van der Waals surface area contributed by atoms with Gasteiger partial charge >= 0.3 is 0 Å². The third-order valence-corrected chi connectivity index (χ3v) is 2.83. The highest BCUT2D eigenvalue weighted by molar-refractivity contribution is 6.33. The summed E-state index contributed by atoms with van der Waals surface area (Å²) in [7, 11) is 1.61. The summed E-state index contributed by atoms with van der Waals surface area (Å²) in [6, 6.07) is 4.19. The van der Waals surface area contributed by atoms with Gasteiger partial charge in [0.1, 0.15) is 5.82 Å². The van der Waals surface area contributed by atoms with Crippen LogP contribution in [0.2, 0.25) is 5.02 Å². The topological polar surface area (TPSA) is 46.3 Å². The molecule has 1 amide bonds. The van der Waals surface area contributed by atoms with Crippen molar-refractivity contribution in [3.8, 4) is 0 Å². The van der Waals surface area contributed by atoms with E-state index < -0.39 is 11.7 Å². The van der Waals surface area contributed by atoms with E-state index in [2.05, 4.69) is 0 Å². The van der Waals surface area contributed by atoms with Gasteiger partial charge in [-0.25, -0.2) is 4.39 Å². The molecule has 17 heavy (non-hydrogen) atoms. The van der Waals surface area contributed by atoms with Gasteiger partial charge in [-0.2, -0.15) is 0 Å². The van der Waals surface area contributed by atoms with Crippen molar-refractivity contribution in [2.75, 3.05) is 20.1 Å². The van der Waals surface area contributed by atoms with Gasteiger partial charge in [0.05, 0.1) is 10.6 Å². The van der Waals surface area contributed by atoms with Crippen molar-refractivity contribution in [1.29, 1.82) is 0 Å². The summed E-state index contributed by atoms with van der Waals surface area (Å²) in [4.78, 5) is 13.4. The number of carbonyl (C=O) groups is 1. The van der Waals surface area contributed by atoms with Crippen LogP contribution in [0.25, 0.3) is 0 Å². The van der Waals surface area contributed by atoms with Crippen LogP contribution in [0, 0.1) is 11.7 Å². The van der Waals surface area contributed by atoms with Crippen molar-refractivity contribution in [3.05, 3.63) is 34.6 Å². The summed E-state index contributed by atoms with van der Waals surface area (Å²) in [6.45, 7) is 2.87. The first-order chi connectivity index (χ1) is 7.97. The van der Waals surface area contributed by atoms with E-state index in [4.69, 9.17) is 17.3 Å². The zero-order valence-electron chi connectivity index (χ0n) is 9.91. The molecule has 5 heteroatoms. The van der Waals surface area contributed by atoms with Gasteiger partial charge in [0, 0.05) is 13.6 Å². The van der Waals surface area contributed by atoms with Crippen LogP contribution in [0.3, 0.4) is 0 Å². The Balaban J connectivity index is 2.89. The molecule has 0 aromatic heterocycles. The molecule has 0 saturated carbocycles. The zero-order chi connectivity index (χ0) is 13.0. The first-order valence-electron chi connectivity index (χ1n) is 5.37. The maximum absolute atomic E-state index is 13.5. The molecule has 2 N–H and O–H groups in total. The van der Waals surface area contributed by atoms with Crippen molar-refractivity contribution in [3.63, 3.8) is 0 Å². The molecule has 1 aromatic carbocycles. The standard InChI is InChI=1S/C12H16ClFN2O/c1-8(6-15)7-16(2)12(17)11-9(13)4-3-5-10(11)14/h3-5,8H,6-7,15H2,1-2H3. The second-order valence-electron chi connectivity index (χ2n) is 4.12. The molecule has 0 spiro atoms. The average Bonchev–Trinajstić information content (AvgIpc) is 2.28. The third-order valence-electron chi connectivity index (χ3n) is 2.51. The van der Waals surface area contributed by atoms with Crippen molar-refractivity contribution in [1.82, 2.24) is 4.90 Å². The van der Waals surface area contributed by atoms with Crippen LogP contribution in [0.15, 0.2) is 18.2 Å². The first kappa shape index (κ1) is 13.9. The SMILES string of the molecule is CC(CN)CN(C)C(=O)c1c(F)cccc1Cl. The van der Waals surface area contributed by atoms with Crippen molar-refractivity contribution < 1.29 is 9.18 Å². The number of hydrogen-bond acceptors (Lipinski definition) is 2. The molecule has 94 valence electrons. The van der Waals surface area contributed by atoms with Crippen LogP contribution >= 0.6 is 11.6 Å². The molecular formula is C12H16ClFN2O. The van der Waals surface area contributed by atoms with E-state index in [0.29, 0.717) is 13.1 Å². The van der Waals surface area contributed by atoms with Gasteiger partial charge < -0.3 is 10.6 Å². The molecule has 1 atom stereocenters. The van der Waals surface area contributed by atoms with Crippen molar-refractivity contribution >= 4 is 17.5 Å². The number of carbonyl (C=O) groups excluding carboxylic acids is 1. The molecule has 3 nitrogen and oxygen atoms in total. The lowest BCUT2D eigenvalue weighted by molar-refractivity contribution is 0.0773. The largest absolute Gasteiger partial charge is 0.341 e. The zero-order valence-corrected chi connectivity index (χ0v) is 10.7. The number of nitrogens with two attached hydrogens (primary N) is 1. The van der Waals surface area contributed by atoms with Gasteiger partial charge in [-0.3, -0.25) is 4.79 Å². The highest BCUT2D eigenvalue weighted by atomic mass is 35.5. The summed E-state index contributed by atoms with van der Waals surface area (Å²) in [5, 5.41) is 0.127. The van der Waals surface area contributed by atoms with Gasteiger partial charge in [-0.1, -0.05) is 24.6 Å².